The number of hydrogen-bond acceptors (Lipinski definition) is 2. The standard InChI is InChI=1S/C13H28N2/c1-13(2,8-9-14)11-15-10-12-6-4-3-5-7-12/h12,15H,3-11,14H2,1-2H3. The minimum Gasteiger partial charge on any atom is -0.330 e. The summed E-state index contributed by atoms with van der Waals surface area (Å²) in [5, 5.41) is 3.62. The van der Waals surface area contributed by atoms with Crippen molar-refractivity contribution < 1.29 is 0 Å². The summed E-state index contributed by atoms with van der Waals surface area (Å²) in [7, 11) is 0. The van der Waals surface area contributed by atoms with E-state index in [-0.39, 0.29) is 0 Å². The van der Waals surface area contributed by atoms with Crippen LogP contribution in [0.2, 0.25) is 0 Å². The molecule has 0 aromatic heterocycles. The van der Waals surface area contributed by atoms with Gasteiger partial charge in [0.2, 0.25) is 0 Å². The molecule has 1 aliphatic rings. The molecule has 3 N–H and O–H groups in total. The summed E-state index contributed by atoms with van der Waals surface area (Å²) >= 11 is 0. The molecule has 0 unspecified atom stereocenters. The fourth-order valence-electron chi connectivity index (χ4n) is 2.49. The van der Waals surface area contributed by atoms with E-state index in [1.54, 1.807) is 0 Å². The van der Waals surface area contributed by atoms with Gasteiger partial charge >= 0.3 is 0 Å². The maximum absolute atomic E-state index is 5.60. The third kappa shape index (κ3) is 5.53. The molecule has 1 aliphatic carbocycles. The average Bonchev–Trinajstić information content (AvgIpc) is 2.19. The molecule has 1 rings (SSSR count). The molecule has 1 saturated carbocycles. The number of rotatable bonds is 6. The van der Waals surface area contributed by atoms with Crippen molar-refractivity contribution in [3.8, 4) is 0 Å². The zero-order chi connectivity index (χ0) is 11.1. The molecule has 90 valence electrons. The molecule has 0 aromatic carbocycles. The topological polar surface area (TPSA) is 38.0 Å². The largest absolute Gasteiger partial charge is 0.330 e. The Morgan fingerprint density at radius 2 is 1.87 bits per heavy atom. The Kier molecular flexibility index (Phi) is 5.62. The van der Waals surface area contributed by atoms with Crippen LogP contribution in [0.25, 0.3) is 0 Å². The second-order valence-corrected chi connectivity index (χ2v) is 5.84. The first kappa shape index (κ1) is 13.0. The van der Waals surface area contributed by atoms with Gasteiger partial charge in [-0.25, -0.2) is 0 Å². The van der Waals surface area contributed by atoms with Crippen molar-refractivity contribution in [2.75, 3.05) is 19.6 Å². The normalized spacial score (nSPS) is 19.4. The summed E-state index contributed by atoms with van der Waals surface area (Å²) in [6, 6.07) is 0. The second kappa shape index (κ2) is 6.49. The fraction of sp³-hybridized carbons (Fsp3) is 1.00. The van der Waals surface area contributed by atoms with Crippen molar-refractivity contribution in [3.63, 3.8) is 0 Å². The SMILES string of the molecule is CC(C)(CCN)CNCC1CCCCC1. The molecule has 15 heavy (non-hydrogen) atoms. The van der Waals surface area contributed by atoms with Gasteiger partial charge < -0.3 is 11.1 Å². The van der Waals surface area contributed by atoms with Crippen molar-refractivity contribution in [3.05, 3.63) is 0 Å². The average molecular weight is 212 g/mol. The lowest BCUT2D eigenvalue weighted by molar-refractivity contribution is 0.286. The third-order valence-electron chi connectivity index (χ3n) is 3.58. The van der Waals surface area contributed by atoms with Gasteiger partial charge in [-0.15, -0.1) is 0 Å². The first-order valence-corrected chi connectivity index (χ1v) is 6.55. The van der Waals surface area contributed by atoms with Crippen LogP contribution < -0.4 is 11.1 Å². The lowest BCUT2D eigenvalue weighted by Gasteiger charge is -2.27. The maximum atomic E-state index is 5.60. The Labute approximate surface area is 95.0 Å². The lowest BCUT2D eigenvalue weighted by Crippen LogP contribution is -2.34. The molecular formula is C13H28N2. The van der Waals surface area contributed by atoms with E-state index in [1.807, 2.05) is 0 Å². The molecule has 0 spiro atoms. The molecule has 0 amide bonds. The van der Waals surface area contributed by atoms with E-state index in [0.717, 1.165) is 25.4 Å². The fourth-order valence-corrected chi connectivity index (χ4v) is 2.49. The minimum atomic E-state index is 0.365. The monoisotopic (exact) mass is 212 g/mol. The second-order valence-electron chi connectivity index (χ2n) is 5.84. The van der Waals surface area contributed by atoms with Crippen molar-refractivity contribution in [1.29, 1.82) is 0 Å². The van der Waals surface area contributed by atoms with E-state index in [2.05, 4.69) is 19.2 Å². The van der Waals surface area contributed by atoms with Crippen LogP contribution >= 0.6 is 0 Å². The Bertz CT molecular complexity index is 160. The van der Waals surface area contributed by atoms with Crippen LogP contribution in [0.5, 0.6) is 0 Å². The Hall–Kier alpha value is -0.0800. The lowest BCUT2D eigenvalue weighted by atomic mass is 9.87. The van der Waals surface area contributed by atoms with Crippen molar-refractivity contribution >= 4 is 0 Å². The predicted molar refractivity (Wildman–Crippen MR) is 66.9 cm³/mol. The molecule has 0 saturated heterocycles. The van der Waals surface area contributed by atoms with Gasteiger partial charge in [-0.1, -0.05) is 33.1 Å². The number of hydrogen-bond donors (Lipinski definition) is 2. The van der Waals surface area contributed by atoms with Gasteiger partial charge in [-0.2, -0.15) is 0 Å². The quantitative estimate of drug-likeness (QED) is 0.710. The van der Waals surface area contributed by atoms with Gasteiger partial charge in [-0.3, -0.25) is 0 Å². The summed E-state index contributed by atoms with van der Waals surface area (Å²) in [5.41, 5.74) is 5.97. The molecule has 1 fully saturated rings. The van der Waals surface area contributed by atoms with E-state index < -0.39 is 0 Å². The molecule has 0 aliphatic heterocycles. The van der Waals surface area contributed by atoms with Gasteiger partial charge in [0.25, 0.3) is 0 Å². The van der Waals surface area contributed by atoms with Crippen LogP contribution in [0, 0.1) is 11.3 Å². The molecule has 0 atom stereocenters. The number of nitrogens with one attached hydrogen (secondary N) is 1. The van der Waals surface area contributed by atoms with Crippen molar-refractivity contribution in [2.24, 2.45) is 17.1 Å². The van der Waals surface area contributed by atoms with Crippen LogP contribution in [-0.4, -0.2) is 19.6 Å². The summed E-state index contributed by atoms with van der Waals surface area (Å²) < 4.78 is 0. The van der Waals surface area contributed by atoms with Crippen LogP contribution in [0.3, 0.4) is 0 Å². The van der Waals surface area contributed by atoms with Crippen molar-refractivity contribution in [1.82, 2.24) is 5.32 Å². The van der Waals surface area contributed by atoms with E-state index in [1.165, 1.54) is 38.6 Å². The van der Waals surface area contributed by atoms with Gasteiger partial charge in [0.15, 0.2) is 0 Å². The predicted octanol–water partition coefficient (Wildman–Crippen LogP) is 2.53. The van der Waals surface area contributed by atoms with Gasteiger partial charge in [0.1, 0.15) is 0 Å². The molecule has 0 radical (unpaired) electrons. The smallest absolute Gasteiger partial charge is 0.000311 e. The highest BCUT2D eigenvalue weighted by Crippen LogP contribution is 2.23. The molecule has 2 nitrogen and oxygen atoms in total. The molecule has 0 aromatic rings. The number of nitrogens with two attached hydrogens (primary N) is 1. The Balaban J connectivity index is 2.09. The third-order valence-corrected chi connectivity index (χ3v) is 3.58. The van der Waals surface area contributed by atoms with E-state index >= 15 is 0 Å². The van der Waals surface area contributed by atoms with E-state index in [9.17, 15) is 0 Å². The zero-order valence-electron chi connectivity index (χ0n) is 10.5. The molecular weight excluding hydrogens is 184 g/mol. The van der Waals surface area contributed by atoms with Crippen LogP contribution in [0.1, 0.15) is 52.4 Å². The minimum absolute atomic E-state index is 0.365. The van der Waals surface area contributed by atoms with E-state index in [4.69, 9.17) is 5.73 Å². The van der Waals surface area contributed by atoms with Crippen LogP contribution in [-0.2, 0) is 0 Å². The highest BCUT2D eigenvalue weighted by molar-refractivity contribution is 4.74. The maximum Gasteiger partial charge on any atom is 0.000311 e. The van der Waals surface area contributed by atoms with Gasteiger partial charge in [-0.05, 0) is 43.7 Å². The molecule has 0 bridgehead atoms. The summed E-state index contributed by atoms with van der Waals surface area (Å²) in [6.45, 7) is 7.73. The van der Waals surface area contributed by atoms with Crippen LogP contribution in [0.15, 0.2) is 0 Å². The molecule has 2 heteroatoms. The summed E-state index contributed by atoms with van der Waals surface area (Å²) in [6.07, 6.45) is 8.32. The Morgan fingerprint density at radius 3 is 2.47 bits per heavy atom. The Morgan fingerprint density at radius 1 is 1.20 bits per heavy atom. The van der Waals surface area contributed by atoms with Gasteiger partial charge in [0.05, 0.1) is 0 Å². The highest BCUT2D eigenvalue weighted by atomic mass is 14.9. The zero-order valence-corrected chi connectivity index (χ0v) is 10.5. The van der Waals surface area contributed by atoms with Gasteiger partial charge in [0, 0.05) is 6.54 Å². The van der Waals surface area contributed by atoms with Crippen LogP contribution in [0.4, 0.5) is 0 Å². The summed E-state index contributed by atoms with van der Waals surface area (Å²) in [4.78, 5) is 0. The first-order valence-electron chi connectivity index (χ1n) is 6.55. The first-order chi connectivity index (χ1) is 7.14. The summed E-state index contributed by atoms with van der Waals surface area (Å²) in [5.74, 6) is 0.937. The van der Waals surface area contributed by atoms with E-state index in [0.29, 0.717) is 5.41 Å². The molecule has 0 heterocycles. The highest BCUT2D eigenvalue weighted by Gasteiger charge is 2.18. The van der Waals surface area contributed by atoms with Crippen molar-refractivity contribution in [2.45, 2.75) is 52.4 Å².